The van der Waals surface area contributed by atoms with Crippen molar-refractivity contribution in [1.29, 1.82) is 0 Å². The molecule has 3 unspecified atom stereocenters. The Morgan fingerprint density at radius 2 is 1.65 bits per heavy atom. The van der Waals surface area contributed by atoms with Crippen molar-refractivity contribution < 1.29 is 35.0 Å². The zero-order valence-corrected chi connectivity index (χ0v) is 12.2. The predicted molar refractivity (Wildman–Crippen MR) is 78.8 cm³/mol. The first-order valence-corrected chi connectivity index (χ1v) is 6.88. The van der Waals surface area contributed by atoms with Crippen molar-refractivity contribution in [3.8, 4) is 28.7 Å². The maximum atomic E-state index is 10.3. The third-order valence-corrected chi connectivity index (χ3v) is 3.81. The SMILES string of the molecule is COc1c(O)cc(C2Oc3cc(O)ccc3C(O)C2O)cc1O. The molecular formula is C16H16O7. The Kier molecular flexibility index (Phi) is 3.67. The van der Waals surface area contributed by atoms with E-state index in [9.17, 15) is 25.5 Å². The number of ether oxygens (including phenoxy) is 2. The van der Waals surface area contributed by atoms with Gasteiger partial charge in [-0.05, 0) is 24.3 Å². The molecule has 23 heavy (non-hydrogen) atoms. The lowest BCUT2D eigenvalue weighted by atomic mass is 9.92. The third-order valence-electron chi connectivity index (χ3n) is 3.81. The minimum absolute atomic E-state index is 0.0495. The van der Waals surface area contributed by atoms with Gasteiger partial charge in [-0.15, -0.1) is 0 Å². The zero-order chi connectivity index (χ0) is 16.7. The Morgan fingerprint density at radius 1 is 1.00 bits per heavy atom. The van der Waals surface area contributed by atoms with Crippen LogP contribution in [0, 0.1) is 0 Å². The van der Waals surface area contributed by atoms with Crippen LogP contribution in [0.2, 0.25) is 0 Å². The summed E-state index contributed by atoms with van der Waals surface area (Å²) in [5, 5.41) is 49.8. The monoisotopic (exact) mass is 320 g/mol. The van der Waals surface area contributed by atoms with Crippen LogP contribution in [-0.4, -0.2) is 38.7 Å². The molecule has 0 saturated carbocycles. The van der Waals surface area contributed by atoms with Crippen molar-refractivity contribution >= 4 is 0 Å². The fourth-order valence-corrected chi connectivity index (χ4v) is 2.68. The van der Waals surface area contributed by atoms with E-state index in [1.54, 1.807) is 0 Å². The number of benzene rings is 2. The Bertz CT molecular complexity index is 720. The van der Waals surface area contributed by atoms with Crippen LogP contribution < -0.4 is 9.47 Å². The summed E-state index contributed by atoms with van der Waals surface area (Å²) in [5.74, 6) is -0.587. The highest BCUT2D eigenvalue weighted by molar-refractivity contribution is 5.53. The summed E-state index contributed by atoms with van der Waals surface area (Å²) in [6, 6.07) is 6.70. The number of hydrogen-bond donors (Lipinski definition) is 5. The molecule has 122 valence electrons. The van der Waals surface area contributed by atoms with E-state index >= 15 is 0 Å². The van der Waals surface area contributed by atoms with Crippen LogP contribution in [0.4, 0.5) is 0 Å². The molecule has 7 heteroatoms. The molecule has 1 aliphatic heterocycles. The average Bonchev–Trinajstić information content (AvgIpc) is 2.50. The van der Waals surface area contributed by atoms with Crippen LogP contribution in [-0.2, 0) is 0 Å². The summed E-state index contributed by atoms with van der Waals surface area (Å²) in [4.78, 5) is 0. The van der Waals surface area contributed by atoms with Crippen molar-refractivity contribution in [1.82, 2.24) is 0 Å². The smallest absolute Gasteiger partial charge is 0.202 e. The summed E-state index contributed by atoms with van der Waals surface area (Å²) in [7, 11) is 1.29. The first-order valence-electron chi connectivity index (χ1n) is 6.88. The largest absolute Gasteiger partial charge is 0.508 e. The van der Waals surface area contributed by atoms with Gasteiger partial charge in [-0.1, -0.05) is 0 Å². The number of rotatable bonds is 2. The fourth-order valence-electron chi connectivity index (χ4n) is 2.68. The molecule has 0 spiro atoms. The van der Waals surface area contributed by atoms with Crippen LogP contribution in [0.1, 0.15) is 23.3 Å². The molecule has 1 aliphatic rings. The van der Waals surface area contributed by atoms with Gasteiger partial charge >= 0.3 is 0 Å². The molecule has 0 aliphatic carbocycles. The molecule has 3 rings (SSSR count). The van der Waals surface area contributed by atoms with Crippen LogP contribution in [0.25, 0.3) is 0 Å². The Balaban J connectivity index is 2.04. The Hall–Kier alpha value is -2.64. The summed E-state index contributed by atoms with van der Waals surface area (Å²) in [5.41, 5.74) is 0.592. The van der Waals surface area contributed by atoms with Gasteiger partial charge in [-0.25, -0.2) is 0 Å². The van der Waals surface area contributed by atoms with Crippen molar-refractivity contribution in [3.63, 3.8) is 0 Å². The van der Waals surface area contributed by atoms with Gasteiger partial charge in [-0.3, -0.25) is 0 Å². The maximum absolute atomic E-state index is 10.3. The van der Waals surface area contributed by atoms with E-state index < -0.39 is 18.3 Å². The quantitative estimate of drug-likeness (QED) is 0.566. The molecule has 7 nitrogen and oxygen atoms in total. The van der Waals surface area contributed by atoms with Gasteiger partial charge < -0.3 is 35.0 Å². The highest BCUT2D eigenvalue weighted by Crippen LogP contribution is 2.45. The summed E-state index contributed by atoms with van der Waals surface area (Å²) >= 11 is 0. The van der Waals surface area contributed by atoms with E-state index in [-0.39, 0.29) is 34.3 Å². The molecule has 1 heterocycles. The number of fused-ring (bicyclic) bond motifs is 1. The predicted octanol–water partition coefficient (Wildman–Crippen LogP) is 1.34. The number of aliphatic hydroxyl groups excluding tert-OH is 2. The molecule has 2 aromatic carbocycles. The van der Waals surface area contributed by atoms with Gasteiger partial charge in [0.15, 0.2) is 17.6 Å². The molecule has 2 aromatic rings. The summed E-state index contributed by atoms with van der Waals surface area (Å²) in [6.45, 7) is 0. The van der Waals surface area contributed by atoms with Crippen molar-refractivity contribution in [2.24, 2.45) is 0 Å². The summed E-state index contributed by atoms with van der Waals surface area (Å²) < 4.78 is 10.5. The van der Waals surface area contributed by atoms with Crippen molar-refractivity contribution in [2.75, 3.05) is 7.11 Å². The van der Waals surface area contributed by atoms with Crippen LogP contribution in [0.5, 0.6) is 28.7 Å². The zero-order valence-electron chi connectivity index (χ0n) is 12.2. The Labute approximate surface area is 131 Å². The first kappa shape index (κ1) is 15.3. The second-order valence-corrected chi connectivity index (χ2v) is 5.29. The molecule has 0 amide bonds. The number of phenolic OH excluding ortho intramolecular Hbond substituents is 3. The molecular weight excluding hydrogens is 304 g/mol. The molecule has 5 N–H and O–H groups in total. The summed E-state index contributed by atoms with van der Waals surface area (Å²) in [6.07, 6.45) is -3.60. The van der Waals surface area contributed by atoms with Gasteiger partial charge in [0, 0.05) is 17.2 Å². The lowest BCUT2D eigenvalue weighted by molar-refractivity contribution is -0.0701. The van der Waals surface area contributed by atoms with Crippen molar-refractivity contribution in [2.45, 2.75) is 18.3 Å². The van der Waals surface area contributed by atoms with E-state index in [1.807, 2.05) is 0 Å². The lowest BCUT2D eigenvalue weighted by Crippen LogP contribution is -2.34. The third kappa shape index (κ3) is 2.49. The molecule has 0 fully saturated rings. The number of methoxy groups -OCH3 is 1. The fraction of sp³-hybridized carbons (Fsp3) is 0.250. The van der Waals surface area contributed by atoms with Gasteiger partial charge in [0.25, 0.3) is 0 Å². The van der Waals surface area contributed by atoms with E-state index in [0.29, 0.717) is 5.56 Å². The number of aromatic hydroxyl groups is 3. The van der Waals surface area contributed by atoms with Gasteiger partial charge in [0.05, 0.1) is 7.11 Å². The topological polar surface area (TPSA) is 120 Å². The minimum atomic E-state index is -1.32. The number of hydrogen-bond acceptors (Lipinski definition) is 7. The van der Waals surface area contributed by atoms with E-state index in [1.165, 1.54) is 37.4 Å². The van der Waals surface area contributed by atoms with Crippen LogP contribution >= 0.6 is 0 Å². The highest BCUT2D eigenvalue weighted by atomic mass is 16.5. The standard InChI is InChI=1S/C16H16O7/c1-22-16-10(18)4-7(5-11(16)19)15-14(21)13(20)9-3-2-8(17)6-12(9)23-15/h2-6,13-15,17-21H,1H3. The first-order chi connectivity index (χ1) is 10.9. The maximum Gasteiger partial charge on any atom is 0.202 e. The minimum Gasteiger partial charge on any atom is -0.508 e. The van der Waals surface area contributed by atoms with E-state index in [0.717, 1.165) is 0 Å². The Morgan fingerprint density at radius 3 is 2.26 bits per heavy atom. The van der Waals surface area contributed by atoms with E-state index in [2.05, 4.69) is 0 Å². The average molecular weight is 320 g/mol. The lowest BCUT2D eigenvalue weighted by Gasteiger charge is -2.34. The van der Waals surface area contributed by atoms with Crippen molar-refractivity contribution in [3.05, 3.63) is 41.5 Å². The molecule has 0 bridgehead atoms. The van der Waals surface area contributed by atoms with Gasteiger partial charge in [0.1, 0.15) is 23.7 Å². The second-order valence-electron chi connectivity index (χ2n) is 5.29. The van der Waals surface area contributed by atoms with Gasteiger partial charge in [0.2, 0.25) is 5.75 Å². The number of phenols is 3. The highest BCUT2D eigenvalue weighted by Gasteiger charge is 2.38. The molecule has 0 saturated heterocycles. The molecule has 3 atom stereocenters. The number of aliphatic hydroxyl groups is 2. The molecule has 0 aromatic heterocycles. The van der Waals surface area contributed by atoms with E-state index in [4.69, 9.17) is 9.47 Å². The van der Waals surface area contributed by atoms with Crippen LogP contribution in [0.15, 0.2) is 30.3 Å². The normalized spacial score (nSPS) is 23.0. The van der Waals surface area contributed by atoms with Gasteiger partial charge in [-0.2, -0.15) is 0 Å². The second kappa shape index (κ2) is 5.53. The van der Waals surface area contributed by atoms with Crippen LogP contribution in [0.3, 0.4) is 0 Å². The molecule has 0 radical (unpaired) electrons.